The van der Waals surface area contributed by atoms with Gasteiger partial charge in [-0.25, -0.2) is 0 Å². The monoisotopic (exact) mass is 461 g/mol. The van der Waals surface area contributed by atoms with Gasteiger partial charge in [0, 0.05) is 13.1 Å². The normalized spacial score (nSPS) is 11.4. The summed E-state index contributed by atoms with van der Waals surface area (Å²) in [6.45, 7) is 6.86. The summed E-state index contributed by atoms with van der Waals surface area (Å²) < 4.78 is 27.6. The summed E-state index contributed by atoms with van der Waals surface area (Å²) in [5, 5.41) is 10.5. The molecule has 0 radical (unpaired) electrons. The second-order valence-electron chi connectivity index (χ2n) is 8.10. The SMILES string of the molecule is Cc1ccc(CNc2nc(NCc3ccc(C)cc3)n(S(=O)(=O)c3ccc(C)cc3)n2)cc1. The molecule has 0 aliphatic carbocycles. The largest absolute Gasteiger partial charge is 0.349 e. The Morgan fingerprint density at radius 2 is 1.15 bits per heavy atom. The third kappa shape index (κ3) is 5.40. The molecule has 4 rings (SSSR count). The maximum Gasteiger partial charge on any atom is 0.286 e. The average Bonchev–Trinajstić information content (AvgIpc) is 3.23. The van der Waals surface area contributed by atoms with E-state index in [1.165, 1.54) is 5.56 Å². The van der Waals surface area contributed by atoms with Crippen molar-refractivity contribution in [2.45, 2.75) is 38.8 Å². The molecule has 0 fully saturated rings. The first-order valence-corrected chi connectivity index (χ1v) is 12.1. The predicted molar refractivity (Wildman–Crippen MR) is 131 cm³/mol. The number of hydrogen-bond acceptors (Lipinski definition) is 6. The molecule has 1 aromatic heterocycles. The average molecular weight is 462 g/mol. The van der Waals surface area contributed by atoms with E-state index in [2.05, 4.69) is 20.7 Å². The van der Waals surface area contributed by atoms with Crippen LogP contribution in [0.4, 0.5) is 11.9 Å². The van der Waals surface area contributed by atoms with Crippen molar-refractivity contribution >= 4 is 21.9 Å². The highest BCUT2D eigenvalue weighted by atomic mass is 32.2. The number of benzene rings is 3. The molecule has 0 amide bonds. The summed E-state index contributed by atoms with van der Waals surface area (Å²) in [5.74, 6) is 0.389. The number of anilines is 2. The molecule has 4 aromatic rings. The van der Waals surface area contributed by atoms with Crippen LogP contribution in [0, 0.1) is 20.8 Å². The molecule has 0 saturated heterocycles. The van der Waals surface area contributed by atoms with Crippen molar-refractivity contribution in [1.29, 1.82) is 0 Å². The lowest BCUT2D eigenvalue weighted by atomic mass is 10.1. The summed E-state index contributed by atoms with van der Waals surface area (Å²) in [7, 11) is -3.92. The Labute approximate surface area is 194 Å². The summed E-state index contributed by atoms with van der Waals surface area (Å²) in [6.07, 6.45) is 0. The van der Waals surface area contributed by atoms with Crippen LogP contribution in [0.1, 0.15) is 27.8 Å². The smallest absolute Gasteiger partial charge is 0.286 e. The van der Waals surface area contributed by atoms with E-state index in [9.17, 15) is 8.42 Å². The van der Waals surface area contributed by atoms with Gasteiger partial charge in [0.05, 0.1) is 4.90 Å². The fourth-order valence-electron chi connectivity index (χ4n) is 3.23. The molecule has 8 heteroatoms. The van der Waals surface area contributed by atoms with Gasteiger partial charge in [0.2, 0.25) is 11.9 Å². The van der Waals surface area contributed by atoms with Crippen LogP contribution in [-0.2, 0) is 23.1 Å². The molecule has 0 aliphatic heterocycles. The first-order valence-electron chi connectivity index (χ1n) is 10.7. The molecule has 170 valence electrons. The van der Waals surface area contributed by atoms with E-state index in [-0.39, 0.29) is 16.8 Å². The highest BCUT2D eigenvalue weighted by Crippen LogP contribution is 2.20. The molecule has 0 atom stereocenters. The lowest BCUT2D eigenvalue weighted by Gasteiger charge is -2.09. The van der Waals surface area contributed by atoms with Crippen LogP contribution >= 0.6 is 0 Å². The van der Waals surface area contributed by atoms with E-state index < -0.39 is 10.0 Å². The van der Waals surface area contributed by atoms with Gasteiger partial charge in [0.1, 0.15) is 0 Å². The summed E-state index contributed by atoms with van der Waals surface area (Å²) in [4.78, 5) is 4.59. The number of aryl methyl sites for hydroxylation is 3. The second kappa shape index (κ2) is 9.46. The molecule has 0 saturated carbocycles. The van der Waals surface area contributed by atoms with Crippen LogP contribution in [0.3, 0.4) is 0 Å². The van der Waals surface area contributed by atoms with Gasteiger partial charge in [-0.15, -0.1) is 9.19 Å². The number of rotatable bonds is 8. The van der Waals surface area contributed by atoms with Crippen LogP contribution in [0.5, 0.6) is 0 Å². The third-order valence-corrected chi connectivity index (χ3v) is 6.85. The Morgan fingerprint density at radius 3 is 1.67 bits per heavy atom. The molecular weight excluding hydrogens is 434 g/mol. The summed E-state index contributed by atoms with van der Waals surface area (Å²) in [5.41, 5.74) is 5.37. The van der Waals surface area contributed by atoms with Gasteiger partial charge in [-0.3, -0.25) is 0 Å². The zero-order valence-corrected chi connectivity index (χ0v) is 19.7. The summed E-state index contributed by atoms with van der Waals surface area (Å²) in [6, 6.07) is 22.8. The lowest BCUT2D eigenvalue weighted by Crippen LogP contribution is -2.18. The molecule has 7 nitrogen and oxygen atoms in total. The third-order valence-electron chi connectivity index (χ3n) is 5.27. The highest BCUT2D eigenvalue weighted by molar-refractivity contribution is 7.90. The first-order chi connectivity index (χ1) is 15.8. The Morgan fingerprint density at radius 1 is 0.697 bits per heavy atom. The Kier molecular flexibility index (Phi) is 6.46. The minimum absolute atomic E-state index is 0.154. The minimum atomic E-state index is -3.92. The van der Waals surface area contributed by atoms with Gasteiger partial charge in [0.25, 0.3) is 10.0 Å². The van der Waals surface area contributed by atoms with Gasteiger partial charge in [0.15, 0.2) is 0 Å². The first kappa shape index (κ1) is 22.5. The second-order valence-corrected chi connectivity index (χ2v) is 9.87. The van der Waals surface area contributed by atoms with Crippen molar-refractivity contribution in [3.63, 3.8) is 0 Å². The fourth-order valence-corrected chi connectivity index (χ4v) is 4.43. The van der Waals surface area contributed by atoms with Gasteiger partial charge in [-0.1, -0.05) is 77.4 Å². The van der Waals surface area contributed by atoms with Crippen molar-refractivity contribution in [2.24, 2.45) is 0 Å². The van der Waals surface area contributed by atoms with Gasteiger partial charge < -0.3 is 10.6 Å². The van der Waals surface area contributed by atoms with E-state index in [4.69, 9.17) is 0 Å². The number of nitrogens with zero attached hydrogens (tertiary/aromatic N) is 3. The van der Waals surface area contributed by atoms with Crippen molar-refractivity contribution in [3.05, 3.63) is 101 Å². The zero-order chi connectivity index (χ0) is 23.4. The van der Waals surface area contributed by atoms with Gasteiger partial charge in [-0.05, 0) is 44.0 Å². The molecule has 3 aromatic carbocycles. The maximum atomic E-state index is 13.3. The molecule has 1 heterocycles. The number of nitrogens with one attached hydrogen (secondary N) is 2. The van der Waals surface area contributed by atoms with Crippen molar-refractivity contribution < 1.29 is 8.42 Å². The van der Waals surface area contributed by atoms with Crippen LogP contribution in [0.15, 0.2) is 77.7 Å². The van der Waals surface area contributed by atoms with E-state index in [0.717, 1.165) is 26.3 Å². The number of aromatic nitrogens is 3. The van der Waals surface area contributed by atoms with Crippen LogP contribution in [0.25, 0.3) is 0 Å². The molecule has 0 bridgehead atoms. The maximum absolute atomic E-state index is 13.3. The quantitative estimate of drug-likeness (QED) is 0.397. The van der Waals surface area contributed by atoms with Crippen molar-refractivity contribution in [3.8, 4) is 0 Å². The molecule has 33 heavy (non-hydrogen) atoms. The van der Waals surface area contributed by atoms with Crippen molar-refractivity contribution in [1.82, 2.24) is 14.2 Å². The number of hydrogen-bond donors (Lipinski definition) is 2. The minimum Gasteiger partial charge on any atom is -0.349 e. The van der Waals surface area contributed by atoms with Gasteiger partial charge >= 0.3 is 0 Å². The Hall–Kier alpha value is -3.65. The molecule has 2 N–H and O–H groups in total. The Balaban J connectivity index is 1.62. The van der Waals surface area contributed by atoms with Crippen molar-refractivity contribution in [2.75, 3.05) is 10.6 Å². The van der Waals surface area contributed by atoms with E-state index in [1.54, 1.807) is 24.3 Å². The van der Waals surface area contributed by atoms with Crippen LogP contribution in [-0.4, -0.2) is 22.6 Å². The predicted octanol–water partition coefficient (Wildman–Crippen LogP) is 4.66. The van der Waals surface area contributed by atoms with E-state index >= 15 is 0 Å². The van der Waals surface area contributed by atoms with E-state index in [1.807, 2.05) is 69.3 Å². The molecule has 0 spiro atoms. The van der Waals surface area contributed by atoms with Crippen LogP contribution < -0.4 is 10.6 Å². The topological polar surface area (TPSA) is 88.9 Å². The Bertz CT molecular complexity index is 1330. The van der Waals surface area contributed by atoms with Crippen LogP contribution in [0.2, 0.25) is 0 Å². The molecule has 0 unspecified atom stereocenters. The lowest BCUT2D eigenvalue weighted by molar-refractivity contribution is 0.580. The fraction of sp³-hybridized carbons (Fsp3) is 0.200. The molecular formula is C25H27N5O2S. The van der Waals surface area contributed by atoms with Gasteiger partial charge in [-0.2, -0.15) is 13.4 Å². The highest BCUT2D eigenvalue weighted by Gasteiger charge is 2.24. The summed E-state index contributed by atoms with van der Waals surface area (Å²) >= 11 is 0. The standard InChI is InChI=1S/C25H27N5O2S/c1-18-4-10-21(11-5-18)16-26-24-28-25(27-17-22-12-6-19(2)7-13-22)30(29-24)33(31,32)23-14-8-20(3)9-15-23/h4-15H,16-17H2,1-3H3,(H2,26,27,28,29). The zero-order valence-electron chi connectivity index (χ0n) is 18.9. The molecule has 0 aliphatic rings. The van der Waals surface area contributed by atoms with E-state index in [0.29, 0.717) is 13.1 Å².